The van der Waals surface area contributed by atoms with Gasteiger partial charge in [0, 0.05) is 6.54 Å². The zero-order chi connectivity index (χ0) is 13.0. The van der Waals surface area contributed by atoms with E-state index in [1.807, 2.05) is 24.3 Å². The van der Waals surface area contributed by atoms with E-state index in [4.69, 9.17) is 9.84 Å². The molecular weight excluding hydrogens is 230 g/mol. The number of ether oxygens (including phenoxy) is 1. The Labute approximate surface area is 107 Å². The molecule has 1 aromatic carbocycles. The molecule has 1 aromatic rings. The molecular formula is C14H19NO3. The van der Waals surface area contributed by atoms with Gasteiger partial charge in [-0.3, -0.25) is 4.79 Å². The quantitative estimate of drug-likeness (QED) is 0.825. The third-order valence-corrected chi connectivity index (χ3v) is 3.68. The standard InChI is InChI=1S/C14H19NO3/c1-18-12-5-3-11(4-6-12)14(7-2-8-14)13(17)15-9-10-16/h3-6,16H,2,7-10H2,1H3,(H,15,17). The molecule has 0 radical (unpaired) electrons. The van der Waals surface area contributed by atoms with Gasteiger partial charge in [-0.1, -0.05) is 18.6 Å². The van der Waals surface area contributed by atoms with Crippen molar-refractivity contribution >= 4 is 5.91 Å². The summed E-state index contributed by atoms with van der Waals surface area (Å²) in [7, 11) is 1.63. The van der Waals surface area contributed by atoms with E-state index in [9.17, 15) is 4.79 Å². The maximum atomic E-state index is 12.2. The lowest BCUT2D eigenvalue weighted by molar-refractivity contribution is -0.130. The lowest BCUT2D eigenvalue weighted by Gasteiger charge is -2.40. The summed E-state index contributed by atoms with van der Waals surface area (Å²) >= 11 is 0. The molecule has 1 saturated carbocycles. The summed E-state index contributed by atoms with van der Waals surface area (Å²) < 4.78 is 5.13. The van der Waals surface area contributed by atoms with Crippen molar-refractivity contribution in [2.24, 2.45) is 0 Å². The Morgan fingerprint density at radius 1 is 1.39 bits per heavy atom. The first kappa shape index (κ1) is 12.9. The topological polar surface area (TPSA) is 58.6 Å². The predicted octanol–water partition coefficient (Wildman–Crippen LogP) is 1.23. The van der Waals surface area contributed by atoms with Crippen LogP contribution in [-0.4, -0.2) is 31.3 Å². The second kappa shape index (κ2) is 5.40. The molecule has 0 saturated heterocycles. The molecule has 1 fully saturated rings. The van der Waals surface area contributed by atoms with Gasteiger partial charge in [-0.05, 0) is 30.5 Å². The van der Waals surface area contributed by atoms with E-state index < -0.39 is 5.41 Å². The highest BCUT2D eigenvalue weighted by atomic mass is 16.5. The second-order valence-corrected chi connectivity index (χ2v) is 4.64. The van der Waals surface area contributed by atoms with Crippen LogP contribution in [0.5, 0.6) is 5.75 Å². The predicted molar refractivity (Wildman–Crippen MR) is 68.6 cm³/mol. The summed E-state index contributed by atoms with van der Waals surface area (Å²) in [5, 5.41) is 11.6. The van der Waals surface area contributed by atoms with Crippen molar-refractivity contribution in [3.8, 4) is 5.75 Å². The summed E-state index contributed by atoms with van der Waals surface area (Å²) in [5.41, 5.74) is 0.631. The van der Waals surface area contributed by atoms with E-state index in [-0.39, 0.29) is 12.5 Å². The second-order valence-electron chi connectivity index (χ2n) is 4.64. The van der Waals surface area contributed by atoms with Gasteiger partial charge in [0.1, 0.15) is 5.75 Å². The van der Waals surface area contributed by atoms with Gasteiger partial charge in [0.15, 0.2) is 0 Å². The number of rotatable bonds is 5. The van der Waals surface area contributed by atoms with Crippen LogP contribution in [0.4, 0.5) is 0 Å². The van der Waals surface area contributed by atoms with Crippen LogP contribution in [0.1, 0.15) is 24.8 Å². The molecule has 0 atom stereocenters. The molecule has 0 spiro atoms. The van der Waals surface area contributed by atoms with E-state index in [0.717, 1.165) is 30.6 Å². The fourth-order valence-electron chi connectivity index (χ4n) is 2.43. The lowest BCUT2D eigenvalue weighted by Crippen LogP contribution is -2.49. The van der Waals surface area contributed by atoms with Gasteiger partial charge in [-0.25, -0.2) is 0 Å². The van der Waals surface area contributed by atoms with Gasteiger partial charge in [0.2, 0.25) is 5.91 Å². The van der Waals surface area contributed by atoms with Crippen molar-refractivity contribution in [3.05, 3.63) is 29.8 Å². The minimum atomic E-state index is -0.401. The minimum absolute atomic E-state index is 0.0213. The van der Waals surface area contributed by atoms with E-state index in [2.05, 4.69) is 5.32 Å². The van der Waals surface area contributed by atoms with Gasteiger partial charge in [-0.2, -0.15) is 0 Å². The zero-order valence-electron chi connectivity index (χ0n) is 10.6. The van der Waals surface area contributed by atoms with Gasteiger partial charge in [0.25, 0.3) is 0 Å². The summed E-state index contributed by atoms with van der Waals surface area (Å²) in [5.74, 6) is 0.817. The minimum Gasteiger partial charge on any atom is -0.497 e. The first-order valence-corrected chi connectivity index (χ1v) is 6.26. The average molecular weight is 249 g/mol. The van der Waals surface area contributed by atoms with Crippen molar-refractivity contribution in [3.63, 3.8) is 0 Å². The smallest absolute Gasteiger partial charge is 0.230 e. The van der Waals surface area contributed by atoms with E-state index in [0.29, 0.717) is 6.54 Å². The first-order valence-electron chi connectivity index (χ1n) is 6.26. The molecule has 0 aliphatic heterocycles. The maximum absolute atomic E-state index is 12.2. The highest BCUT2D eigenvalue weighted by molar-refractivity contribution is 5.89. The molecule has 1 aliphatic carbocycles. The van der Waals surface area contributed by atoms with Crippen LogP contribution in [0.15, 0.2) is 24.3 Å². The molecule has 1 aliphatic rings. The SMILES string of the molecule is COc1ccc(C2(C(=O)NCCO)CCC2)cc1. The van der Waals surface area contributed by atoms with Crippen molar-refractivity contribution in [1.82, 2.24) is 5.32 Å². The molecule has 0 unspecified atom stereocenters. The molecule has 0 heterocycles. The number of amides is 1. The Kier molecular flexibility index (Phi) is 3.87. The molecule has 2 rings (SSSR count). The fourth-order valence-corrected chi connectivity index (χ4v) is 2.43. The highest BCUT2D eigenvalue weighted by Gasteiger charge is 2.45. The van der Waals surface area contributed by atoms with Gasteiger partial charge in [-0.15, -0.1) is 0 Å². The van der Waals surface area contributed by atoms with E-state index in [1.165, 1.54) is 0 Å². The van der Waals surface area contributed by atoms with E-state index in [1.54, 1.807) is 7.11 Å². The molecule has 4 nitrogen and oxygen atoms in total. The van der Waals surface area contributed by atoms with Crippen LogP contribution in [0, 0.1) is 0 Å². The molecule has 0 bridgehead atoms. The number of nitrogens with one attached hydrogen (secondary N) is 1. The van der Waals surface area contributed by atoms with Crippen molar-refractivity contribution in [2.45, 2.75) is 24.7 Å². The normalized spacial score (nSPS) is 16.8. The van der Waals surface area contributed by atoms with Crippen molar-refractivity contribution in [1.29, 1.82) is 0 Å². The largest absolute Gasteiger partial charge is 0.497 e. The van der Waals surface area contributed by atoms with Crippen molar-refractivity contribution < 1.29 is 14.6 Å². The molecule has 0 aromatic heterocycles. The third kappa shape index (κ3) is 2.20. The molecule has 1 amide bonds. The lowest BCUT2D eigenvalue weighted by atomic mass is 9.64. The number of hydrogen-bond donors (Lipinski definition) is 2. The summed E-state index contributed by atoms with van der Waals surface area (Å²) in [4.78, 5) is 12.2. The number of carbonyl (C=O) groups excluding carboxylic acids is 1. The Bertz CT molecular complexity index is 410. The van der Waals surface area contributed by atoms with Crippen LogP contribution < -0.4 is 10.1 Å². The number of methoxy groups -OCH3 is 1. The Morgan fingerprint density at radius 3 is 2.50 bits per heavy atom. The maximum Gasteiger partial charge on any atom is 0.230 e. The number of aliphatic hydroxyl groups excluding tert-OH is 1. The van der Waals surface area contributed by atoms with Crippen LogP contribution in [0.2, 0.25) is 0 Å². The Balaban J connectivity index is 2.18. The van der Waals surface area contributed by atoms with Crippen LogP contribution >= 0.6 is 0 Å². The first-order chi connectivity index (χ1) is 8.73. The van der Waals surface area contributed by atoms with Gasteiger partial charge < -0.3 is 15.2 Å². The van der Waals surface area contributed by atoms with E-state index >= 15 is 0 Å². The summed E-state index contributed by atoms with van der Waals surface area (Å²) in [6, 6.07) is 7.68. The van der Waals surface area contributed by atoms with Crippen LogP contribution in [0.3, 0.4) is 0 Å². The molecule has 18 heavy (non-hydrogen) atoms. The van der Waals surface area contributed by atoms with Crippen LogP contribution in [0.25, 0.3) is 0 Å². The van der Waals surface area contributed by atoms with Gasteiger partial charge in [0.05, 0.1) is 19.1 Å². The Hall–Kier alpha value is -1.55. The third-order valence-electron chi connectivity index (χ3n) is 3.68. The fraction of sp³-hybridized carbons (Fsp3) is 0.500. The molecule has 4 heteroatoms. The average Bonchev–Trinajstić information content (AvgIpc) is 2.36. The monoisotopic (exact) mass is 249 g/mol. The number of carbonyl (C=O) groups is 1. The number of hydrogen-bond acceptors (Lipinski definition) is 3. The number of benzene rings is 1. The highest BCUT2D eigenvalue weighted by Crippen LogP contribution is 2.44. The molecule has 2 N–H and O–H groups in total. The molecule has 98 valence electrons. The zero-order valence-corrected chi connectivity index (χ0v) is 10.6. The van der Waals surface area contributed by atoms with Crippen LogP contribution in [-0.2, 0) is 10.2 Å². The van der Waals surface area contributed by atoms with Crippen molar-refractivity contribution in [2.75, 3.05) is 20.3 Å². The van der Waals surface area contributed by atoms with Gasteiger partial charge >= 0.3 is 0 Å². The number of aliphatic hydroxyl groups is 1. The summed E-state index contributed by atoms with van der Waals surface area (Å²) in [6.45, 7) is 0.293. The Morgan fingerprint density at radius 2 is 2.06 bits per heavy atom. The summed E-state index contributed by atoms with van der Waals surface area (Å²) in [6.07, 6.45) is 2.81.